The van der Waals surface area contributed by atoms with Crippen molar-refractivity contribution < 1.29 is 29.5 Å². The van der Waals surface area contributed by atoms with Gasteiger partial charge in [0.2, 0.25) is 5.75 Å². The number of benzene rings is 2. The zero-order valence-corrected chi connectivity index (χ0v) is 19.2. The van der Waals surface area contributed by atoms with Crippen molar-refractivity contribution in [1.82, 2.24) is 0 Å². The highest BCUT2D eigenvalue weighted by Crippen LogP contribution is 2.41. The van der Waals surface area contributed by atoms with E-state index in [9.17, 15) is 15.3 Å². The van der Waals surface area contributed by atoms with Crippen molar-refractivity contribution in [2.45, 2.75) is 24.7 Å². The topological polar surface area (TPSA) is 88.4 Å². The Hall–Kier alpha value is -1.41. The second kappa shape index (κ2) is 13.9. The Kier molecular flexibility index (Phi) is 11.6. The molecule has 0 bridgehead atoms. The van der Waals surface area contributed by atoms with Crippen LogP contribution >= 0.6 is 34.8 Å². The fourth-order valence-corrected chi connectivity index (χ4v) is 2.89. The zero-order valence-electron chi connectivity index (χ0n) is 16.9. The lowest BCUT2D eigenvalue weighted by molar-refractivity contribution is 0.0997. The number of aliphatic hydroxyl groups is 3. The van der Waals surface area contributed by atoms with Gasteiger partial charge in [-0.3, -0.25) is 0 Å². The molecule has 2 rings (SSSR count). The molecule has 0 radical (unpaired) electrons. The van der Waals surface area contributed by atoms with Crippen molar-refractivity contribution in [2.75, 3.05) is 37.5 Å². The highest BCUT2D eigenvalue weighted by Gasteiger charge is 2.21. The van der Waals surface area contributed by atoms with Gasteiger partial charge in [-0.1, -0.05) is 36.4 Å². The van der Waals surface area contributed by atoms with Crippen molar-refractivity contribution >= 4 is 34.8 Å². The maximum atomic E-state index is 9.89. The molecule has 0 aromatic heterocycles. The van der Waals surface area contributed by atoms with Crippen LogP contribution in [0.1, 0.15) is 11.1 Å². The number of rotatable bonds is 14. The Morgan fingerprint density at radius 1 is 0.645 bits per heavy atom. The normalized spacial score (nSPS) is 14.0. The lowest BCUT2D eigenvalue weighted by atomic mass is 10.0. The van der Waals surface area contributed by atoms with Crippen LogP contribution in [0, 0.1) is 0 Å². The van der Waals surface area contributed by atoms with Crippen molar-refractivity contribution in [3.05, 3.63) is 53.6 Å². The summed E-state index contributed by atoms with van der Waals surface area (Å²) in [6.07, 6.45) is -2.11. The third kappa shape index (κ3) is 8.56. The van der Waals surface area contributed by atoms with Crippen LogP contribution in [-0.2, 0) is 6.42 Å². The van der Waals surface area contributed by atoms with Crippen molar-refractivity contribution in [2.24, 2.45) is 0 Å². The summed E-state index contributed by atoms with van der Waals surface area (Å²) in [5.74, 6) is 0.907. The predicted octanol–water partition coefficient (Wildman–Crippen LogP) is 3.21. The SMILES string of the molecule is OC(CCl)COc1ccc(Cc2ccccc2)c(OCC(O)CCl)c1OCC(O)CCl. The first-order chi connectivity index (χ1) is 15.0. The minimum atomic E-state index is -0.901. The van der Waals surface area contributed by atoms with E-state index >= 15 is 0 Å². The summed E-state index contributed by atoms with van der Waals surface area (Å²) in [4.78, 5) is 0. The fourth-order valence-electron chi connectivity index (χ4n) is 2.63. The summed E-state index contributed by atoms with van der Waals surface area (Å²) in [6, 6.07) is 13.3. The molecule has 6 nitrogen and oxygen atoms in total. The van der Waals surface area contributed by atoms with Crippen LogP contribution in [0.2, 0.25) is 0 Å². The van der Waals surface area contributed by atoms with Gasteiger partial charge in [0.25, 0.3) is 0 Å². The molecule has 0 spiro atoms. The molecule has 0 saturated heterocycles. The molecule has 0 heterocycles. The molecule has 2 aromatic rings. The first-order valence-electron chi connectivity index (χ1n) is 9.78. The molecular weight excluding hydrogens is 467 g/mol. The molecule has 172 valence electrons. The molecule has 3 unspecified atom stereocenters. The van der Waals surface area contributed by atoms with Crippen LogP contribution in [0.3, 0.4) is 0 Å². The predicted molar refractivity (Wildman–Crippen MR) is 122 cm³/mol. The van der Waals surface area contributed by atoms with Crippen LogP contribution in [0.5, 0.6) is 17.2 Å². The monoisotopic (exact) mass is 492 g/mol. The van der Waals surface area contributed by atoms with Crippen LogP contribution in [0.4, 0.5) is 0 Å². The summed E-state index contributed by atoms with van der Waals surface area (Å²) in [5.41, 5.74) is 1.83. The van der Waals surface area contributed by atoms with Gasteiger partial charge < -0.3 is 29.5 Å². The van der Waals surface area contributed by atoms with Crippen LogP contribution in [-0.4, -0.2) is 71.1 Å². The highest BCUT2D eigenvalue weighted by molar-refractivity contribution is 6.18. The molecule has 9 heteroatoms. The number of hydrogen-bond donors (Lipinski definition) is 3. The first-order valence-corrected chi connectivity index (χ1v) is 11.4. The van der Waals surface area contributed by atoms with Crippen LogP contribution in [0.25, 0.3) is 0 Å². The van der Waals surface area contributed by atoms with E-state index in [1.165, 1.54) is 0 Å². The Morgan fingerprint density at radius 2 is 1.16 bits per heavy atom. The number of halogens is 3. The van der Waals surface area contributed by atoms with Gasteiger partial charge in [-0.2, -0.15) is 0 Å². The Labute approximate surface area is 197 Å². The number of hydrogen-bond acceptors (Lipinski definition) is 6. The van der Waals surface area contributed by atoms with Gasteiger partial charge in [-0.25, -0.2) is 0 Å². The molecule has 31 heavy (non-hydrogen) atoms. The van der Waals surface area contributed by atoms with E-state index in [0.717, 1.165) is 11.1 Å². The number of alkyl halides is 3. The summed E-state index contributed by atoms with van der Waals surface area (Å²) < 4.78 is 17.4. The van der Waals surface area contributed by atoms with E-state index in [1.54, 1.807) is 6.07 Å². The third-order valence-electron chi connectivity index (χ3n) is 4.20. The minimum Gasteiger partial charge on any atom is -0.487 e. The van der Waals surface area contributed by atoms with E-state index in [4.69, 9.17) is 49.0 Å². The Bertz CT molecular complexity index is 777. The minimum absolute atomic E-state index is 0.00722. The molecular formula is C22H27Cl3O6. The van der Waals surface area contributed by atoms with E-state index in [1.807, 2.05) is 36.4 Å². The van der Waals surface area contributed by atoms with Gasteiger partial charge in [0.05, 0.1) is 17.6 Å². The van der Waals surface area contributed by atoms with E-state index in [-0.39, 0.29) is 43.2 Å². The molecule has 0 aliphatic carbocycles. The van der Waals surface area contributed by atoms with Gasteiger partial charge in [0, 0.05) is 12.0 Å². The second-order valence-corrected chi connectivity index (χ2v) is 7.83. The molecule has 0 aliphatic heterocycles. The summed E-state index contributed by atoms with van der Waals surface area (Å²) in [5, 5.41) is 29.5. The van der Waals surface area contributed by atoms with Gasteiger partial charge in [-0.15, -0.1) is 34.8 Å². The first kappa shape index (κ1) is 25.8. The average Bonchev–Trinajstić information content (AvgIpc) is 2.80. The van der Waals surface area contributed by atoms with E-state index in [0.29, 0.717) is 17.9 Å². The Balaban J connectivity index is 2.42. The number of ether oxygens (including phenoxy) is 3. The molecule has 3 N–H and O–H groups in total. The standard InChI is InChI=1S/C22H27Cl3O6/c23-9-17(26)12-29-20-7-6-16(8-15-4-2-1-3-5-15)21(30-13-18(27)10-24)22(20)31-14-19(28)11-25/h1-7,17-19,26-28H,8-14H2. The van der Waals surface area contributed by atoms with Crippen molar-refractivity contribution in [1.29, 1.82) is 0 Å². The van der Waals surface area contributed by atoms with Crippen molar-refractivity contribution in [3.63, 3.8) is 0 Å². The zero-order chi connectivity index (χ0) is 22.6. The largest absolute Gasteiger partial charge is 0.487 e. The van der Waals surface area contributed by atoms with Gasteiger partial charge >= 0.3 is 0 Å². The van der Waals surface area contributed by atoms with Crippen molar-refractivity contribution in [3.8, 4) is 17.2 Å². The molecule has 0 fully saturated rings. The summed E-state index contributed by atoms with van der Waals surface area (Å²) in [7, 11) is 0. The summed E-state index contributed by atoms with van der Waals surface area (Å²) in [6.45, 7) is -0.214. The fraction of sp³-hybridized carbons (Fsp3) is 0.455. The van der Waals surface area contributed by atoms with Crippen LogP contribution in [0.15, 0.2) is 42.5 Å². The number of aliphatic hydroxyl groups excluding tert-OH is 3. The van der Waals surface area contributed by atoms with E-state index in [2.05, 4.69) is 0 Å². The molecule has 0 saturated carbocycles. The molecule has 2 aromatic carbocycles. The maximum absolute atomic E-state index is 9.89. The lowest BCUT2D eigenvalue weighted by Crippen LogP contribution is -2.23. The van der Waals surface area contributed by atoms with Gasteiger partial charge in [0.1, 0.15) is 38.1 Å². The second-order valence-electron chi connectivity index (χ2n) is 6.90. The van der Waals surface area contributed by atoms with E-state index < -0.39 is 18.3 Å². The Morgan fingerprint density at radius 3 is 1.71 bits per heavy atom. The molecule has 3 atom stereocenters. The average molecular weight is 494 g/mol. The molecule has 0 amide bonds. The summed E-state index contributed by atoms with van der Waals surface area (Å²) >= 11 is 17.1. The van der Waals surface area contributed by atoms with Gasteiger partial charge in [0.15, 0.2) is 11.5 Å². The third-order valence-corrected chi connectivity index (χ3v) is 5.27. The van der Waals surface area contributed by atoms with Gasteiger partial charge in [-0.05, 0) is 11.6 Å². The smallest absolute Gasteiger partial charge is 0.203 e. The molecule has 0 aliphatic rings. The highest BCUT2D eigenvalue weighted by atomic mass is 35.5. The quantitative estimate of drug-likeness (QED) is 0.350. The maximum Gasteiger partial charge on any atom is 0.203 e. The van der Waals surface area contributed by atoms with Crippen LogP contribution < -0.4 is 14.2 Å². The lowest BCUT2D eigenvalue weighted by Gasteiger charge is -2.22.